The maximum absolute atomic E-state index is 13.6. The number of carbonyl (C=O) groups is 1. The number of benzene rings is 4. The third kappa shape index (κ3) is 3.34. The van der Waals surface area contributed by atoms with E-state index >= 15 is 0 Å². The number of rotatable bonds is 3. The van der Waals surface area contributed by atoms with Crippen molar-refractivity contribution in [1.29, 1.82) is 0 Å². The van der Waals surface area contributed by atoms with Crippen molar-refractivity contribution >= 4 is 43.4 Å². The number of carbonyl (C=O) groups excluding carboxylic acids is 1. The van der Waals surface area contributed by atoms with Gasteiger partial charge in [-0.3, -0.25) is 4.79 Å². The minimum Gasteiger partial charge on any atom is -0.289 e. The number of aromatic nitrogens is 1. The first-order valence-corrected chi connectivity index (χ1v) is 10.2. The van der Waals surface area contributed by atoms with Crippen LogP contribution < -0.4 is 0 Å². The summed E-state index contributed by atoms with van der Waals surface area (Å²) in [5.41, 5.74) is 3.77. The molecule has 1 heterocycles. The molecule has 0 N–H and O–H groups in total. The molecule has 0 aliphatic carbocycles. The molecule has 3 heteroatoms. The molecule has 0 amide bonds. The fraction of sp³-hybridized carbons (Fsp3) is 0. The lowest BCUT2D eigenvalue weighted by Gasteiger charge is -2.11. The van der Waals surface area contributed by atoms with Crippen LogP contribution in [-0.2, 0) is 0 Å². The zero-order chi connectivity index (χ0) is 19.8. The first-order chi connectivity index (χ1) is 14.2. The van der Waals surface area contributed by atoms with Crippen LogP contribution in [0.1, 0.15) is 15.9 Å². The predicted molar refractivity (Wildman–Crippen MR) is 122 cm³/mol. The van der Waals surface area contributed by atoms with Crippen LogP contribution >= 0.6 is 15.9 Å². The summed E-state index contributed by atoms with van der Waals surface area (Å²) in [5.74, 6) is -0.0241. The minimum atomic E-state index is -0.0241. The van der Waals surface area contributed by atoms with Crippen LogP contribution in [0.25, 0.3) is 32.9 Å². The molecule has 5 rings (SSSR count). The molecular weight excluding hydrogens is 422 g/mol. The SMILES string of the molecule is O=C(c1ccc2ccccc2c1)c1cc2cc(Br)ccc2nc1-c1ccccc1. The van der Waals surface area contributed by atoms with E-state index < -0.39 is 0 Å². The van der Waals surface area contributed by atoms with Gasteiger partial charge in [-0.1, -0.05) is 82.7 Å². The molecule has 5 aromatic rings. The van der Waals surface area contributed by atoms with E-state index in [1.54, 1.807) is 0 Å². The van der Waals surface area contributed by atoms with E-state index in [1.807, 2.05) is 97.1 Å². The molecule has 0 unspecified atom stereocenters. The van der Waals surface area contributed by atoms with Crippen molar-refractivity contribution in [2.24, 2.45) is 0 Å². The highest BCUT2D eigenvalue weighted by atomic mass is 79.9. The smallest absolute Gasteiger partial charge is 0.195 e. The largest absolute Gasteiger partial charge is 0.289 e. The first kappa shape index (κ1) is 17.8. The summed E-state index contributed by atoms with van der Waals surface area (Å²) in [5, 5.41) is 3.10. The third-order valence-electron chi connectivity index (χ3n) is 5.08. The molecule has 0 spiro atoms. The summed E-state index contributed by atoms with van der Waals surface area (Å²) >= 11 is 3.52. The van der Waals surface area contributed by atoms with Gasteiger partial charge in [0.2, 0.25) is 0 Å². The van der Waals surface area contributed by atoms with E-state index in [2.05, 4.69) is 15.9 Å². The van der Waals surface area contributed by atoms with Crippen molar-refractivity contribution in [1.82, 2.24) is 4.98 Å². The lowest BCUT2D eigenvalue weighted by atomic mass is 9.95. The maximum atomic E-state index is 13.6. The van der Waals surface area contributed by atoms with Crippen LogP contribution in [0.4, 0.5) is 0 Å². The van der Waals surface area contributed by atoms with Gasteiger partial charge in [-0.05, 0) is 41.1 Å². The second-order valence-electron chi connectivity index (χ2n) is 6.98. The van der Waals surface area contributed by atoms with Gasteiger partial charge >= 0.3 is 0 Å². The summed E-state index contributed by atoms with van der Waals surface area (Å²) in [6, 6.07) is 31.7. The molecule has 2 nitrogen and oxygen atoms in total. The van der Waals surface area contributed by atoms with E-state index in [0.29, 0.717) is 16.8 Å². The van der Waals surface area contributed by atoms with E-state index in [0.717, 1.165) is 31.7 Å². The Hall–Kier alpha value is -3.30. The molecule has 0 saturated carbocycles. The molecule has 1 aromatic heterocycles. The van der Waals surface area contributed by atoms with Gasteiger partial charge in [-0.25, -0.2) is 4.98 Å². The summed E-state index contributed by atoms with van der Waals surface area (Å²) in [7, 11) is 0. The van der Waals surface area contributed by atoms with Gasteiger partial charge < -0.3 is 0 Å². The molecule has 0 aliphatic rings. The van der Waals surface area contributed by atoms with E-state index in [4.69, 9.17) is 4.98 Å². The van der Waals surface area contributed by atoms with Gasteiger partial charge in [0.25, 0.3) is 0 Å². The summed E-state index contributed by atoms with van der Waals surface area (Å²) in [6.07, 6.45) is 0. The minimum absolute atomic E-state index is 0.0241. The van der Waals surface area contributed by atoms with Crippen molar-refractivity contribution in [3.8, 4) is 11.3 Å². The Morgan fingerprint density at radius 3 is 2.28 bits per heavy atom. The Labute approximate surface area is 177 Å². The van der Waals surface area contributed by atoms with Crippen LogP contribution in [0.15, 0.2) is 102 Å². The van der Waals surface area contributed by atoms with Gasteiger partial charge in [0, 0.05) is 26.5 Å². The second-order valence-corrected chi connectivity index (χ2v) is 7.89. The van der Waals surface area contributed by atoms with Gasteiger partial charge in [0.1, 0.15) is 0 Å². The zero-order valence-electron chi connectivity index (χ0n) is 15.5. The Morgan fingerprint density at radius 1 is 0.690 bits per heavy atom. The fourth-order valence-electron chi connectivity index (χ4n) is 3.62. The van der Waals surface area contributed by atoms with Crippen molar-refractivity contribution in [3.63, 3.8) is 0 Å². The Kier molecular flexibility index (Phi) is 4.45. The number of ketones is 1. The average Bonchev–Trinajstić information content (AvgIpc) is 2.78. The Balaban J connectivity index is 1.73. The van der Waals surface area contributed by atoms with Crippen LogP contribution in [0, 0.1) is 0 Å². The molecule has 0 fully saturated rings. The zero-order valence-corrected chi connectivity index (χ0v) is 17.1. The maximum Gasteiger partial charge on any atom is 0.195 e. The predicted octanol–water partition coefficient (Wildman–Crippen LogP) is 7.05. The fourth-order valence-corrected chi connectivity index (χ4v) is 4.00. The number of hydrogen-bond donors (Lipinski definition) is 0. The summed E-state index contributed by atoms with van der Waals surface area (Å²) in [4.78, 5) is 18.4. The number of pyridine rings is 1. The molecule has 0 aliphatic heterocycles. The summed E-state index contributed by atoms with van der Waals surface area (Å²) in [6.45, 7) is 0. The number of fused-ring (bicyclic) bond motifs is 2. The highest BCUT2D eigenvalue weighted by Gasteiger charge is 2.18. The number of hydrogen-bond acceptors (Lipinski definition) is 2. The summed E-state index contributed by atoms with van der Waals surface area (Å²) < 4.78 is 0.961. The normalized spacial score (nSPS) is 11.1. The number of halogens is 1. The van der Waals surface area contributed by atoms with Crippen molar-refractivity contribution in [3.05, 3.63) is 113 Å². The molecular formula is C26H16BrNO. The lowest BCUT2D eigenvalue weighted by molar-refractivity contribution is 0.103. The first-order valence-electron chi connectivity index (χ1n) is 9.38. The van der Waals surface area contributed by atoms with Gasteiger partial charge in [-0.15, -0.1) is 0 Å². The molecule has 29 heavy (non-hydrogen) atoms. The topological polar surface area (TPSA) is 30.0 Å². The second kappa shape index (κ2) is 7.26. The van der Waals surface area contributed by atoms with E-state index in [1.165, 1.54) is 0 Å². The molecule has 0 bridgehead atoms. The van der Waals surface area contributed by atoms with Crippen LogP contribution in [-0.4, -0.2) is 10.8 Å². The van der Waals surface area contributed by atoms with Crippen molar-refractivity contribution in [2.45, 2.75) is 0 Å². The molecule has 138 valence electrons. The molecule has 4 aromatic carbocycles. The quantitative estimate of drug-likeness (QED) is 0.283. The van der Waals surface area contributed by atoms with Crippen molar-refractivity contribution < 1.29 is 4.79 Å². The monoisotopic (exact) mass is 437 g/mol. The van der Waals surface area contributed by atoms with Crippen molar-refractivity contribution in [2.75, 3.05) is 0 Å². The Morgan fingerprint density at radius 2 is 1.45 bits per heavy atom. The number of nitrogens with zero attached hydrogens (tertiary/aromatic N) is 1. The van der Waals surface area contributed by atoms with E-state index in [9.17, 15) is 4.79 Å². The average molecular weight is 438 g/mol. The Bertz CT molecular complexity index is 1380. The molecule has 0 radical (unpaired) electrons. The highest BCUT2D eigenvalue weighted by molar-refractivity contribution is 9.10. The van der Waals surface area contributed by atoms with Gasteiger partial charge in [0.05, 0.1) is 11.2 Å². The van der Waals surface area contributed by atoms with Crippen LogP contribution in [0.2, 0.25) is 0 Å². The van der Waals surface area contributed by atoms with E-state index in [-0.39, 0.29) is 5.78 Å². The standard InChI is InChI=1S/C26H16BrNO/c27-22-12-13-24-21(15-22)16-23(25(28-24)18-7-2-1-3-8-18)26(29)20-11-10-17-6-4-5-9-19(17)14-20/h1-16H. The van der Waals surface area contributed by atoms with Gasteiger partial charge in [0.15, 0.2) is 5.78 Å². The molecule has 0 atom stereocenters. The third-order valence-corrected chi connectivity index (χ3v) is 5.57. The van der Waals surface area contributed by atoms with Crippen LogP contribution in [0.3, 0.4) is 0 Å². The highest BCUT2D eigenvalue weighted by Crippen LogP contribution is 2.29. The van der Waals surface area contributed by atoms with Gasteiger partial charge in [-0.2, -0.15) is 0 Å². The lowest BCUT2D eigenvalue weighted by Crippen LogP contribution is -2.05. The molecule has 0 saturated heterocycles. The van der Waals surface area contributed by atoms with Crippen LogP contribution in [0.5, 0.6) is 0 Å².